The van der Waals surface area contributed by atoms with Crippen LogP contribution in [0.4, 0.5) is 0 Å². The van der Waals surface area contributed by atoms with Crippen LogP contribution in [0.25, 0.3) is 0 Å². The Hall–Kier alpha value is -1.61. The third kappa shape index (κ3) is 5.48. The largest absolute Gasteiger partial charge is 0.410 e. The van der Waals surface area contributed by atoms with Gasteiger partial charge in [-0.15, -0.1) is 10.2 Å². The molecular weight excluding hydrogens is 330 g/mol. The normalized spacial score (nSPS) is 15.4. The fraction of sp³-hybridized carbons (Fsp3) is 0.733. The van der Waals surface area contributed by atoms with Gasteiger partial charge in [-0.05, 0) is 12.8 Å². The second kappa shape index (κ2) is 8.48. The molecule has 2 rings (SSSR count). The van der Waals surface area contributed by atoms with Crippen LogP contribution in [-0.2, 0) is 9.59 Å². The molecule has 2 N–H and O–H groups in total. The zero-order chi connectivity index (χ0) is 17.7. The summed E-state index contributed by atoms with van der Waals surface area (Å²) < 4.78 is 5.64. The van der Waals surface area contributed by atoms with Crippen LogP contribution in [0, 0.1) is 0 Å². The Kier molecular flexibility index (Phi) is 6.61. The third-order valence-corrected chi connectivity index (χ3v) is 4.70. The highest BCUT2D eigenvalue weighted by molar-refractivity contribution is 7.99. The van der Waals surface area contributed by atoms with Gasteiger partial charge in [0.15, 0.2) is 6.04 Å². The van der Waals surface area contributed by atoms with Crippen LogP contribution in [0.2, 0.25) is 0 Å². The van der Waals surface area contributed by atoms with Crippen molar-refractivity contribution in [1.29, 1.82) is 0 Å². The lowest BCUT2D eigenvalue weighted by Crippen LogP contribution is -3.06. The molecule has 0 bridgehead atoms. The lowest BCUT2D eigenvalue weighted by Gasteiger charge is -2.16. The minimum atomic E-state index is -0.143. The summed E-state index contributed by atoms with van der Waals surface area (Å²) >= 11 is 1.20. The number of hydrogen-bond donors (Lipinski definition) is 2. The van der Waals surface area contributed by atoms with E-state index in [9.17, 15) is 9.59 Å². The van der Waals surface area contributed by atoms with Crippen molar-refractivity contribution in [2.24, 2.45) is 0 Å². The summed E-state index contributed by atoms with van der Waals surface area (Å²) in [7, 11) is 5.70. The van der Waals surface area contributed by atoms with Crippen molar-refractivity contribution < 1.29 is 18.9 Å². The Morgan fingerprint density at radius 3 is 2.71 bits per heavy atom. The molecule has 1 atom stereocenters. The van der Waals surface area contributed by atoms with Gasteiger partial charge in [0, 0.05) is 19.5 Å². The zero-order valence-electron chi connectivity index (χ0n) is 14.7. The SMILES string of the molecule is CC[C@@H](c1nnc(SCC(=O)N(C)CC(=O)NC2CC2)o1)[NH+](C)C. The molecule has 0 unspecified atom stereocenters. The molecule has 1 aromatic heterocycles. The van der Waals surface area contributed by atoms with Gasteiger partial charge in [-0.1, -0.05) is 18.7 Å². The number of quaternary nitrogens is 1. The smallest absolute Gasteiger partial charge is 0.277 e. The van der Waals surface area contributed by atoms with Gasteiger partial charge in [-0.25, -0.2) is 0 Å². The van der Waals surface area contributed by atoms with Crippen molar-refractivity contribution in [3.05, 3.63) is 5.89 Å². The summed E-state index contributed by atoms with van der Waals surface area (Å²) in [6, 6.07) is 0.453. The van der Waals surface area contributed by atoms with Gasteiger partial charge in [0.25, 0.3) is 11.1 Å². The van der Waals surface area contributed by atoms with E-state index >= 15 is 0 Å². The van der Waals surface area contributed by atoms with E-state index in [0.29, 0.717) is 17.2 Å². The number of rotatable bonds is 9. The number of aromatic nitrogens is 2. The van der Waals surface area contributed by atoms with E-state index < -0.39 is 0 Å². The van der Waals surface area contributed by atoms with Crippen LogP contribution in [0.15, 0.2) is 9.64 Å². The molecule has 9 heteroatoms. The Morgan fingerprint density at radius 1 is 1.42 bits per heavy atom. The van der Waals surface area contributed by atoms with Gasteiger partial charge in [-0.3, -0.25) is 9.59 Å². The maximum Gasteiger partial charge on any atom is 0.277 e. The molecule has 134 valence electrons. The van der Waals surface area contributed by atoms with E-state index in [2.05, 4.69) is 22.4 Å². The molecular formula is C15H26N5O3S+. The van der Waals surface area contributed by atoms with Crippen LogP contribution in [0.3, 0.4) is 0 Å². The summed E-state index contributed by atoms with van der Waals surface area (Å²) in [5.74, 6) is 0.499. The predicted molar refractivity (Wildman–Crippen MR) is 89.7 cm³/mol. The van der Waals surface area contributed by atoms with Crippen molar-refractivity contribution in [2.75, 3.05) is 33.4 Å². The van der Waals surface area contributed by atoms with E-state index in [-0.39, 0.29) is 30.2 Å². The second-order valence-electron chi connectivity index (χ2n) is 6.32. The highest BCUT2D eigenvalue weighted by Crippen LogP contribution is 2.20. The monoisotopic (exact) mass is 356 g/mol. The topological polar surface area (TPSA) is 92.8 Å². The maximum absolute atomic E-state index is 12.1. The molecule has 1 aromatic rings. The molecule has 0 saturated heterocycles. The van der Waals surface area contributed by atoms with Gasteiger partial charge in [0.05, 0.1) is 26.4 Å². The van der Waals surface area contributed by atoms with Crippen molar-refractivity contribution in [1.82, 2.24) is 20.4 Å². The number of hydrogen-bond acceptors (Lipinski definition) is 6. The number of carbonyl (C=O) groups excluding carboxylic acids is 2. The van der Waals surface area contributed by atoms with Gasteiger partial charge in [0.1, 0.15) is 0 Å². The first-order valence-electron chi connectivity index (χ1n) is 8.20. The van der Waals surface area contributed by atoms with Crippen LogP contribution in [-0.4, -0.2) is 66.4 Å². The minimum Gasteiger partial charge on any atom is -0.410 e. The van der Waals surface area contributed by atoms with Crippen molar-refractivity contribution in [3.8, 4) is 0 Å². The Balaban J connectivity index is 1.78. The van der Waals surface area contributed by atoms with E-state index in [1.54, 1.807) is 7.05 Å². The third-order valence-electron chi connectivity index (χ3n) is 3.89. The van der Waals surface area contributed by atoms with Crippen molar-refractivity contribution in [2.45, 2.75) is 43.5 Å². The quantitative estimate of drug-likeness (QED) is 0.579. The van der Waals surface area contributed by atoms with E-state index in [1.165, 1.54) is 21.6 Å². The molecule has 0 aliphatic heterocycles. The van der Waals surface area contributed by atoms with Crippen molar-refractivity contribution in [3.63, 3.8) is 0 Å². The molecule has 2 amide bonds. The number of thioether (sulfide) groups is 1. The number of carbonyl (C=O) groups is 2. The molecule has 0 aromatic carbocycles. The number of nitrogens with zero attached hydrogens (tertiary/aromatic N) is 3. The molecule has 1 heterocycles. The average Bonchev–Trinajstić information content (AvgIpc) is 3.21. The Bertz CT molecular complexity index is 573. The standard InChI is InChI=1S/C15H25N5O3S/c1-5-11(19(2)3)14-17-18-15(23-14)24-9-13(22)20(4)8-12(21)16-10-6-7-10/h10-11H,5-9H2,1-4H3,(H,16,21)/p+1/t11-/m0/s1. The summed E-state index contributed by atoms with van der Waals surface area (Å²) in [6.07, 6.45) is 2.96. The molecule has 1 fully saturated rings. The second-order valence-corrected chi connectivity index (χ2v) is 7.25. The lowest BCUT2D eigenvalue weighted by molar-refractivity contribution is -0.894. The van der Waals surface area contributed by atoms with Crippen LogP contribution in [0.5, 0.6) is 0 Å². The molecule has 1 aliphatic rings. The highest BCUT2D eigenvalue weighted by atomic mass is 32.2. The first-order valence-corrected chi connectivity index (χ1v) is 9.18. The van der Waals surface area contributed by atoms with Crippen LogP contribution in [0.1, 0.15) is 38.1 Å². The first kappa shape index (κ1) is 18.7. The van der Waals surface area contributed by atoms with E-state index in [0.717, 1.165) is 19.3 Å². The summed E-state index contributed by atoms with van der Waals surface area (Å²) in [5, 5.41) is 11.3. The summed E-state index contributed by atoms with van der Waals surface area (Å²) in [5.41, 5.74) is 0. The Labute approximate surface area is 146 Å². The Morgan fingerprint density at radius 2 is 2.12 bits per heavy atom. The van der Waals surface area contributed by atoms with Crippen LogP contribution < -0.4 is 10.2 Å². The maximum atomic E-state index is 12.1. The minimum absolute atomic E-state index is 0.0763. The molecule has 1 aliphatic carbocycles. The lowest BCUT2D eigenvalue weighted by atomic mass is 10.2. The van der Waals surface area contributed by atoms with E-state index in [1.807, 2.05) is 14.1 Å². The predicted octanol–water partition coefficient (Wildman–Crippen LogP) is -0.506. The van der Waals surface area contributed by atoms with Gasteiger partial charge in [0.2, 0.25) is 11.8 Å². The van der Waals surface area contributed by atoms with Gasteiger partial charge in [-0.2, -0.15) is 0 Å². The van der Waals surface area contributed by atoms with Crippen LogP contribution >= 0.6 is 11.8 Å². The zero-order valence-corrected chi connectivity index (χ0v) is 15.5. The summed E-state index contributed by atoms with van der Waals surface area (Å²) in [4.78, 5) is 26.4. The molecule has 8 nitrogen and oxygen atoms in total. The van der Waals surface area contributed by atoms with Gasteiger partial charge >= 0.3 is 0 Å². The fourth-order valence-corrected chi connectivity index (χ4v) is 3.00. The number of amides is 2. The summed E-state index contributed by atoms with van der Waals surface area (Å²) in [6.45, 7) is 2.15. The molecule has 24 heavy (non-hydrogen) atoms. The highest BCUT2D eigenvalue weighted by Gasteiger charge is 2.25. The fourth-order valence-electron chi connectivity index (χ4n) is 2.29. The number of nitrogens with one attached hydrogen (secondary N) is 2. The number of likely N-dealkylation sites (N-methyl/N-ethyl adjacent to an activating group) is 1. The first-order chi connectivity index (χ1) is 11.4. The molecule has 0 radical (unpaired) electrons. The molecule has 0 spiro atoms. The van der Waals surface area contributed by atoms with E-state index in [4.69, 9.17) is 4.42 Å². The molecule has 1 saturated carbocycles. The average molecular weight is 356 g/mol. The van der Waals surface area contributed by atoms with Gasteiger partial charge < -0.3 is 19.5 Å². The van der Waals surface area contributed by atoms with Crippen molar-refractivity contribution >= 4 is 23.6 Å².